The molecule has 5 heteroatoms. The van der Waals surface area contributed by atoms with E-state index in [1.165, 1.54) is 15.1 Å². The van der Waals surface area contributed by atoms with Crippen LogP contribution in [0.1, 0.15) is 0 Å². The summed E-state index contributed by atoms with van der Waals surface area (Å²) in [7, 11) is 0. The Hall–Kier alpha value is -1.17. The largest absolute Gasteiger partial charge is 0.290 e. The summed E-state index contributed by atoms with van der Waals surface area (Å²) in [6.45, 7) is 0. The first-order valence-electron chi connectivity index (χ1n) is 5.43. The highest BCUT2D eigenvalue weighted by Crippen LogP contribution is 2.33. The van der Waals surface area contributed by atoms with Gasteiger partial charge < -0.3 is 0 Å². The van der Waals surface area contributed by atoms with Crippen molar-refractivity contribution in [3.05, 3.63) is 46.4 Å². The molecule has 0 radical (unpaired) electrons. The lowest BCUT2D eigenvalue weighted by atomic mass is 10.3. The smallest absolute Gasteiger partial charge is 0.195 e. The summed E-state index contributed by atoms with van der Waals surface area (Å²) in [6.07, 6.45) is 2.12. The number of rotatable bonds is 1. The predicted octanol–water partition coefficient (Wildman–Crippen LogP) is 5.04. The molecule has 1 aromatic carbocycles. The summed E-state index contributed by atoms with van der Waals surface area (Å²) < 4.78 is 4.58. The summed E-state index contributed by atoms with van der Waals surface area (Å²) in [4.78, 5) is 6.95. The minimum absolute atomic E-state index is 1.04. The number of benzene rings is 1. The van der Waals surface area contributed by atoms with Crippen LogP contribution in [0.3, 0.4) is 0 Å². The summed E-state index contributed by atoms with van der Waals surface area (Å²) in [5.41, 5.74) is 2.27. The average Bonchev–Trinajstić information content (AvgIpc) is 3.01. The third-order valence-corrected chi connectivity index (χ3v) is 5.51. The standard InChI is InChI=1S/C13H7BrN2S2/c14-12-6-5-10(17-12)8-7-16-9-3-1-2-4-11(9)18-13(16)15-8/h1-7H. The lowest BCUT2D eigenvalue weighted by Crippen LogP contribution is -1.74. The Bertz CT molecular complexity index is 856. The van der Waals surface area contributed by atoms with Crippen molar-refractivity contribution in [3.8, 4) is 10.6 Å². The Morgan fingerprint density at radius 2 is 1.94 bits per heavy atom. The van der Waals surface area contributed by atoms with E-state index in [1.54, 1.807) is 22.7 Å². The van der Waals surface area contributed by atoms with Crippen molar-refractivity contribution in [1.82, 2.24) is 9.38 Å². The van der Waals surface area contributed by atoms with E-state index < -0.39 is 0 Å². The van der Waals surface area contributed by atoms with Gasteiger partial charge in [0.25, 0.3) is 0 Å². The van der Waals surface area contributed by atoms with E-state index in [9.17, 15) is 0 Å². The van der Waals surface area contributed by atoms with E-state index in [-0.39, 0.29) is 0 Å². The molecule has 4 rings (SSSR count). The maximum absolute atomic E-state index is 4.70. The number of para-hydroxylation sites is 1. The minimum atomic E-state index is 1.04. The number of aromatic nitrogens is 2. The van der Waals surface area contributed by atoms with Crippen molar-refractivity contribution in [2.75, 3.05) is 0 Å². The fourth-order valence-electron chi connectivity index (χ4n) is 2.02. The van der Waals surface area contributed by atoms with Gasteiger partial charge in [0, 0.05) is 6.20 Å². The van der Waals surface area contributed by atoms with E-state index in [0.717, 1.165) is 14.4 Å². The molecule has 0 saturated carbocycles. The molecule has 3 heterocycles. The Balaban J connectivity index is 1.99. The van der Waals surface area contributed by atoms with Gasteiger partial charge in [-0.1, -0.05) is 23.5 Å². The molecule has 0 spiro atoms. The predicted molar refractivity (Wildman–Crippen MR) is 81.6 cm³/mol. The molecule has 0 N–H and O–H groups in total. The molecule has 0 aliphatic heterocycles. The second kappa shape index (κ2) is 3.91. The summed E-state index contributed by atoms with van der Waals surface area (Å²) in [5, 5.41) is 0. The van der Waals surface area contributed by atoms with Crippen molar-refractivity contribution in [2.45, 2.75) is 0 Å². The molecular formula is C13H7BrN2S2. The number of halogens is 1. The van der Waals surface area contributed by atoms with Crippen molar-refractivity contribution in [2.24, 2.45) is 0 Å². The number of hydrogen-bond donors (Lipinski definition) is 0. The van der Waals surface area contributed by atoms with Gasteiger partial charge in [-0.25, -0.2) is 4.98 Å². The van der Waals surface area contributed by atoms with Crippen LogP contribution in [0.15, 0.2) is 46.4 Å². The van der Waals surface area contributed by atoms with Gasteiger partial charge in [0.15, 0.2) is 4.96 Å². The molecule has 0 amide bonds. The highest BCUT2D eigenvalue weighted by atomic mass is 79.9. The molecule has 0 bridgehead atoms. The normalized spacial score (nSPS) is 11.6. The second-order valence-electron chi connectivity index (χ2n) is 3.95. The molecule has 0 aliphatic rings. The fourth-order valence-corrected chi connectivity index (χ4v) is 4.37. The van der Waals surface area contributed by atoms with Gasteiger partial charge in [-0.15, -0.1) is 11.3 Å². The number of hydrogen-bond acceptors (Lipinski definition) is 3. The summed E-state index contributed by atoms with van der Waals surface area (Å²) in [5.74, 6) is 0. The number of thiazole rings is 1. The third-order valence-electron chi connectivity index (χ3n) is 2.83. The van der Waals surface area contributed by atoms with Gasteiger partial charge in [0.05, 0.1) is 18.9 Å². The SMILES string of the molecule is Brc1ccc(-c2cn3c(n2)sc2ccccc23)s1. The number of imidazole rings is 1. The molecule has 0 fully saturated rings. The van der Waals surface area contributed by atoms with Gasteiger partial charge in [0.2, 0.25) is 0 Å². The lowest BCUT2D eigenvalue weighted by Gasteiger charge is -1.89. The van der Waals surface area contributed by atoms with Gasteiger partial charge in [0.1, 0.15) is 5.69 Å². The molecule has 0 unspecified atom stereocenters. The minimum Gasteiger partial charge on any atom is -0.290 e. The first-order valence-corrected chi connectivity index (χ1v) is 7.86. The number of thiophene rings is 1. The molecule has 0 aliphatic carbocycles. The molecule has 18 heavy (non-hydrogen) atoms. The average molecular weight is 335 g/mol. The van der Waals surface area contributed by atoms with Crippen molar-refractivity contribution < 1.29 is 0 Å². The zero-order chi connectivity index (χ0) is 12.1. The highest BCUT2D eigenvalue weighted by Gasteiger charge is 2.10. The van der Waals surface area contributed by atoms with E-state index in [2.05, 4.69) is 62.9 Å². The van der Waals surface area contributed by atoms with E-state index >= 15 is 0 Å². The van der Waals surface area contributed by atoms with Crippen LogP contribution in [0.5, 0.6) is 0 Å². The fraction of sp³-hybridized carbons (Fsp3) is 0. The molecule has 0 saturated heterocycles. The van der Waals surface area contributed by atoms with Crippen LogP contribution in [0, 0.1) is 0 Å². The van der Waals surface area contributed by atoms with Crippen molar-refractivity contribution in [3.63, 3.8) is 0 Å². The van der Waals surface area contributed by atoms with Crippen LogP contribution in [-0.2, 0) is 0 Å². The topological polar surface area (TPSA) is 17.3 Å². The van der Waals surface area contributed by atoms with Crippen LogP contribution < -0.4 is 0 Å². The zero-order valence-corrected chi connectivity index (χ0v) is 12.3. The van der Waals surface area contributed by atoms with E-state index in [4.69, 9.17) is 4.98 Å². The monoisotopic (exact) mass is 334 g/mol. The zero-order valence-electron chi connectivity index (χ0n) is 9.13. The molecule has 88 valence electrons. The number of nitrogens with zero attached hydrogens (tertiary/aromatic N) is 2. The van der Waals surface area contributed by atoms with Crippen LogP contribution >= 0.6 is 38.6 Å². The van der Waals surface area contributed by atoms with Crippen molar-refractivity contribution in [1.29, 1.82) is 0 Å². The Kier molecular flexibility index (Phi) is 2.33. The van der Waals surface area contributed by atoms with E-state index in [0.29, 0.717) is 0 Å². The van der Waals surface area contributed by atoms with Crippen LogP contribution in [0.4, 0.5) is 0 Å². The van der Waals surface area contributed by atoms with Crippen LogP contribution in [-0.4, -0.2) is 9.38 Å². The van der Waals surface area contributed by atoms with Gasteiger partial charge >= 0.3 is 0 Å². The molecule has 4 aromatic rings. The van der Waals surface area contributed by atoms with Gasteiger partial charge in [-0.05, 0) is 40.2 Å². The maximum atomic E-state index is 4.70. The second-order valence-corrected chi connectivity index (χ2v) is 7.42. The summed E-state index contributed by atoms with van der Waals surface area (Å²) in [6, 6.07) is 12.6. The lowest BCUT2D eigenvalue weighted by molar-refractivity contribution is 1.30. The Morgan fingerprint density at radius 3 is 2.78 bits per heavy atom. The molecule has 0 atom stereocenters. The molecule has 2 nitrogen and oxygen atoms in total. The molecule has 3 aromatic heterocycles. The third kappa shape index (κ3) is 1.55. The highest BCUT2D eigenvalue weighted by molar-refractivity contribution is 9.11. The maximum Gasteiger partial charge on any atom is 0.195 e. The van der Waals surface area contributed by atoms with Gasteiger partial charge in [-0.3, -0.25) is 4.40 Å². The van der Waals surface area contributed by atoms with Gasteiger partial charge in [-0.2, -0.15) is 0 Å². The Labute approximate surface area is 120 Å². The van der Waals surface area contributed by atoms with Crippen LogP contribution in [0.2, 0.25) is 0 Å². The Morgan fingerprint density at radius 1 is 1.06 bits per heavy atom. The van der Waals surface area contributed by atoms with Crippen molar-refractivity contribution >= 4 is 53.8 Å². The van der Waals surface area contributed by atoms with Crippen LogP contribution in [0.25, 0.3) is 25.7 Å². The first kappa shape index (κ1) is 10.7. The van der Waals surface area contributed by atoms with E-state index in [1.807, 2.05) is 0 Å². The molecular weight excluding hydrogens is 328 g/mol. The summed E-state index contributed by atoms with van der Waals surface area (Å²) >= 11 is 6.93. The quantitative estimate of drug-likeness (QED) is 0.476. The first-order chi connectivity index (χ1) is 8.81. The number of fused-ring (bicyclic) bond motifs is 3.